The lowest BCUT2D eigenvalue weighted by Crippen LogP contribution is -2.42. The van der Waals surface area contributed by atoms with Crippen molar-refractivity contribution in [2.45, 2.75) is 13.0 Å². The molecule has 2 N–H and O–H groups in total. The molecule has 0 bridgehead atoms. The summed E-state index contributed by atoms with van der Waals surface area (Å²) < 4.78 is 5.82. The summed E-state index contributed by atoms with van der Waals surface area (Å²) in [5.74, 6) is -0.283. The Morgan fingerprint density at radius 3 is 2.29 bits per heavy atom. The lowest BCUT2D eigenvalue weighted by atomic mass is 10.0. The molecule has 0 saturated carbocycles. The van der Waals surface area contributed by atoms with Gasteiger partial charge in [-0.1, -0.05) is 84.9 Å². The van der Waals surface area contributed by atoms with Crippen molar-refractivity contribution in [1.29, 1.82) is 0 Å². The minimum absolute atomic E-state index is 0.161. The normalized spacial score (nSPS) is 10.5. The van der Waals surface area contributed by atoms with Crippen molar-refractivity contribution in [1.82, 2.24) is 10.9 Å². The average Bonchev–Trinajstić information content (AvgIpc) is 2.82. The fourth-order valence-electron chi connectivity index (χ4n) is 3.37. The monoisotopic (exact) mass is 410 g/mol. The highest BCUT2D eigenvalue weighted by Crippen LogP contribution is 2.20. The van der Waals surface area contributed by atoms with Crippen LogP contribution in [0, 0.1) is 0 Å². The zero-order valence-corrected chi connectivity index (χ0v) is 16.9. The second-order valence-electron chi connectivity index (χ2n) is 7.09. The summed E-state index contributed by atoms with van der Waals surface area (Å²) in [6.07, 6.45) is 0.161. The Balaban J connectivity index is 1.38. The standard InChI is InChI=1S/C26H22N2O3/c29-25(17-21-13-8-12-20-11-4-5-14-22(20)21)27-28-26(30)23-15-6-7-16-24(23)31-18-19-9-2-1-3-10-19/h1-16H,17-18H2,(H,27,29)(H,28,30). The molecule has 0 aliphatic heterocycles. The molecule has 0 atom stereocenters. The maximum absolute atomic E-state index is 12.6. The van der Waals surface area contributed by atoms with Gasteiger partial charge in [0.25, 0.3) is 5.91 Å². The summed E-state index contributed by atoms with van der Waals surface area (Å²) in [6, 6.07) is 30.4. The van der Waals surface area contributed by atoms with Gasteiger partial charge in [0.05, 0.1) is 12.0 Å². The molecular weight excluding hydrogens is 388 g/mol. The molecule has 0 aliphatic rings. The molecule has 2 amide bonds. The van der Waals surface area contributed by atoms with Crippen LogP contribution in [0.2, 0.25) is 0 Å². The zero-order valence-electron chi connectivity index (χ0n) is 16.9. The molecule has 4 aromatic rings. The quantitative estimate of drug-likeness (QED) is 0.462. The number of ether oxygens (including phenoxy) is 1. The van der Waals surface area contributed by atoms with E-state index in [-0.39, 0.29) is 12.3 Å². The predicted octanol–water partition coefficient (Wildman–Crippen LogP) is 4.42. The smallest absolute Gasteiger partial charge is 0.273 e. The first-order valence-corrected chi connectivity index (χ1v) is 10.0. The lowest BCUT2D eigenvalue weighted by Gasteiger charge is -2.13. The van der Waals surface area contributed by atoms with Gasteiger partial charge in [0.15, 0.2) is 0 Å². The largest absolute Gasteiger partial charge is 0.488 e. The van der Waals surface area contributed by atoms with Gasteiger partial charge in [-0.15, -0.1) is 0 Å². The molecule has 0 unspecified atom stereocenters. The Labute approximate surface area is 180 Å². The molecule has 0 radical (unpaired) electrons. The number of benzene rings is 4. The molecule has 0 fully saturated rings. The summed E-state index contributed by atoms with van der Waals surface area (Å²) in [5.41, 5.74) is 7.24. The minimum atomic E-state index is -0.435. The summed E-state index contributed by atoms with van der Waals surface area (Å²) >= 11 is 0. The summed E-state index contributed by atoms with van der Waals surface area (Å²) in [6.45, 7) is 0.346. The van der Waals surface area contributed by atoms with Crippen LogP contribution in [-0.4, -0.2) is 11.8 Å². The van der Waals surface area contributed by atoms with Crippen LogP contribution >= 0.6 is 0 Å². The lowest BCUT2D eigenvalue weighted by molar-refractivity contribution is -0.121. The molecule has 0 saturated heterocycles. The van der Waals surface area contributed by atoms with E-state index in [1.54, 1.807) is 24.3 Å². The highest BCUT2D eigenvalue weighted by atomic mass is 16.5. The van der Waals surface area contributed by atoms with E-state index in [1.165, 1.54) is 0 Å². The molecule has 31 heavy (non-hydrogen) atoms. The van der Waals surface area contributed by atoms with Crippen LogP contribution < -0.4 is 15.6 Å². The van der Waals surface area contributed by atoms with E-state index in [0.717, 1.165) is 21.9 Å². The van der Waals surface area contributed by atoms with Crippen molar-refractivity contribution >= 4 is 22.6 Å². The maximum atomic E-state index is 12.6. The number of nitrogens with one attached hydrogen (secondary N) is 2. The highest BCUT2D eigenvalue weighted by molar-refractivity contribution is 5.98. The van der Waals surface area contributed by atoms with Gasteiger partial charge in [0, 0.05) is 0 Å². The minimum Gasteiger partial charge on any atom is -0.488 e. The third kappa shape index (κ3) is 5.08. The highest BCUT2D eigenvalue weighted by Gasteiger charge is 2.14. The third-order valence-corrected chi connectivity index (χ3v) is 4.92. The van der Waals surface area contributed by atoms with Crippen molar-refractivity contribution in [2.24, 2.45) is 0 Å². The van der Waals surface area contributed by atoms with Crippen LogP contribution in [-0.2, 0) is 17.8 Å². The van der Waals surface area contributed by atoms with Crippen molar-refractivity contribution in [2.75, 3.05) is 0 Å². The number of para-hydroxylation sites is 1. The number of carbonyl (C=O) groups is 2. The number of fused-ring (bicyclic) bond motifs is 1. The Morgan fingerprint density at radius 1 is 0.710 bits per heavy atom. The van der Waals surface area contributed by atoms with E-state index in [9.17, 15) is 9.59 Å². The Kier molecular flexibility index (Phi) is 6.24. The molecule has 5 heteroatoms. The third-order valence-electron chi connectivity index (χ3n) is 4.92. The van der Waals surface area contributed by atoms with E-state index < -0.39 is 5.91 Å². The number of carbonyl (C=O) groups excluding carboxylic acids is 2. The summed E-state index contributed by atoms with van der Waals surface area (Å²) in [4.78, 5) is 25.1. The van der Waals surface area contributed by atoms with Gasteiger partial charge in [0.2, 0.25) is 5.91 Å². The van der Waals surface area contributed by atoms with Crippen LogP contribution in [0.4, 0.5) is 0 Å². The Morgan fingerprint density at radius 2 is 1.42 bits per heavy atom. The van der Waals surface area contributed by atoms with E-state index in [2.05, 4.69) is 10.9 Å². The first-order chi connectivity index (χ1) is 15.2. The van der Waals surface area contributed by atoms with Gasteiger partial charge in [-0.05, 0) is 34.0 Å². The van der Waals surface area contributed by atoms with Crippen LogP contribution in [0.5, 0.6) is 5.75 Å². The van der Waals surface area contributed by atoms with E-state index in [0.29, 0.717) is 17.9 Å². The molecular formula is C26H22N2O3. The molecule has 4 rings (SSSR count). The van der Waals surface area contributed by atoms with Gasteiger partial charge in [-0.2, -0.15) is 0 Å². The van der Waals surface area contributed by atoms with Crippen LogP contribution in [0.25, 0.3) is 10.8 Å². The van der Waals surface area contributed by atoms with Crippen LogP contribution in [0.1, 0.15) is 21.5 Å². The molecule has 0 heterocycles. The fraction of sp³-hybridized carbons (Fsp3) is 0.0769. The number of amides is 2. The Bertz CT molecular complexity index is 1200. The number of hydrazine groups is 1. The fourth-order valence-corrected chi connectivity index (χ4v) is 3.37. The van der Waals surface area contributed by atoms with Crippen molar-refractivity contribution in [3.63, 3.8) is 0 Å². The van der Waals surface area contributed by atoms with Gasteiger partial charge in [0.1, 0.15) is 12.4 Å². The van der Waals surface area contributed by atoms with Gasteiger partial charge >= 0.3 is 0 Å². The molecule has 5 nitrogen and oxygen atoms in total. The van der Waals surface area contributed by atoms with Gasteiger partial charge in [-0.25, -0.2) is 0 Å². The Hall–Kier alpha value is -4.12. The molecule has 154 valence electrons. The van der Waals surface area contributed by atoms with Crippen molar-refractivity contribution in [3.05, 3.63) is 114 Å². The first-order valence-electron chi connectivity index (χ1n) is 10.0. The second kappa shape index (κ2) is 9.59. The summed E-state index contributed by atoms with van der Waals surface area (Å²) in [7, 11) is 0. The first kappa shape index (κ1) is 20.2. The van der Waals surface area contributed by atoms with Crippen LogP contribution in [0.15, 0.2) is 97.1 Å². The van der Waals surface area contributed by atoms with E-state index in [4.69, 9.17) is 4.74 Å². The molecule has 0 aromatic heterocycles. The SMILES string of the molecule is O=C(Cc1cccc2ccccc12)NNC(=O)c1ccccc1OCc1ccccc1. The predicted molar refractivity (Wildman–Crippen MR) is 120 cm³/mol. The second-order valence-corrected chi connectivity index (χ2v) is 7.09. The van der Waals surface area contributed by atoms with E-state index in [1.807, 2.05) is 72.8 Å². The molecule has 0 spiro atoms. The molecule has 4 aromatic carbocycles. The van der Waals surface area contributed by atoms with Gasteiger partial charge in [-0.3, -0.25) is 20.4 Å². The van der Waals surface area contributed by atoms with E-state index >= 15 is 0 Å². The number of rotatable bonds is 6. The van der Waals surface area contributed by atoms with Crippen molar-refractivity contribution < 1.29 is 14.3 Å². The topological polar surface area (TPSA) is 67.4 Å². The summed E-state index contributed by atoms with van der Waals surface area (Å²) in [5, 5.41) is 2.09. The zero-order chi connectivity index (χ0) is 21.5. The average molecular weight is 410 g/mol. The van der Waals surface area contributed by atoms with Crippen LogP contribution in [0.3, 0.4) is 0 Å². The number of hydrogen-bond acceptors (Lipinski definition) is 3. The van der Waals surface area contributed by atoms with Gasteiger partial charge < -0.3 is 4.74 Å². The molecule has 0 aliphatic carbocycles. The number of hydrogen-bond donors (Lipinski definition) is 2. The van der Waals surface area contributed by atoms with Crippen molar-refractivity contribution in [3.8, 4) is 5.75 Å². The maximum Gasteiger partial charge on any atom is 0.273 e.